The van der Waals surface area contributed by atoms with Gasteiger partial charge in [-0.15, -0.1) is 0 Å². The Morgan fingerprint density at radius 2 is 1.33 bits per heavy atom. The lowest BCUT2D eigenvalue weighted by molar-refractivity contribution is 0.00578. The van der Waals surface area contributed by atoms with Gasteiger partial charge in [0.2, 0.25) is 5.67 Å². The molecule has 3 rings (SSSR count). The first-order valence-electron chi connectivity index (χ1n) is 7.01. The molecule has 114 valence electrons. The SMILES string of the molecule is CC1(C)OB(c2ccc(C3(F)CC3(F)F)cc2)OC1(C)C. The van der Waals surface area contributed by atoms with Crippen LogP contribution in [-0.4, -0.2) is 24.2 Å². The summed E-state index contributed by atoms with van der Waals surface area (Å²) in [5.41, 5.74) is -2.75. The van der Waals surface area contributed by atoms with Gasteiger partial charge in [-0.2, -0.15) is 0 Å². The van der Waals surface area contributed by atoms with Crippen molar-refractivity contribution in [1.29, 1.82) is 0 Å². The summed E-state index contributed by atoms with van der Waals surface area (Å²) < 4.78 is 51.8. The molecular weight excluding hydrogens is 280 g/mol. The molecule has 0 aromatic heterocycles. The van der Waals surface area contributed by atoms with E-state index in [0.29, 0.717) is 5.46 Å². The van der Waals surface area contributed by atoms with Crippen LogP contribution in [0, 0.1) is 0 Å². The molecule has 0 bridgehead atoms. The van der Waals surface area contributed by atoms with Crippen LogP contribution in [0.15, 0.2) is 24.3 Å². The Balaban J connectivity index is 1.81. The molecule has 2 nitrogen and oxygen atoms in total. The second kappa shape index (κ2) is 4.05. The highest BCUT2D eigenvalue weighted by Gasteiger charge is 2.74. The molecule has 1 saturated carbocycles. The third kappa shape index (κ3) is 2.11. The summed E-state index contributed by atoms with van der Waals surface area (Å²) in [6.45, 7) is 7.73. The number of alkyl halides is 3. The summed E-state index contributed by atoms with van der Waals surface area (Å²) in [4.78, 5) is 0. The Bertz CT molecular complexity index is 555. The largest absolute Gasteiger partial charge is 0.494 e. The van der Waals surface area contributed by atoms with E-state index >= 15 is 0 Å². The highest BCUT2D eigenvalue weighted by Crippen LogP contribution is 2.62. The Labute approximate surface area is 122 Å². The predicted octanol–water partition coefficient (Wildman–Crippen LogP) is 3.19. The van der Waals surface area contributed by atoms with Crippen molar-refractivity contribution >= 4 is 12.6 Å². The van der Waals surface area contributed by atoms with Gasteiger partial charge in [0.05, 0.1) is 17.6 Å². The van der Waals surface area contributed by atoms with Crippen LogP contribution in [0.2, 0.25) is 0 Å². The lowest BCUT2D eigenvalue weighted by atomic mass is 9.78. The van der Waals surface area contributed by atoms with Gasteiger partial charge in [0.15, 0.2) is 0 Å². The minimum Gasteiger partial charge on any atom is -0.399 e. The summed E-state index contributed by atoms with van der Waals surface area (Å²) in [6, 6.07) is 5.96. The third-order valence-electron chi connectivity index (χ3n) is 4.81. The number of hydrogen-bond acceptors (Lipinski definition) is 2. The van der Waals surface area contributed by atoms with Crippen LogP contribution < -0.4 is 5.46 Å². The Morgan fingerprint density at radius 3 is 1.71 bits per heavy atom. The van der Waals surface area contributed by atoms with Crippen LogP contribution in [0.5, 0.6) is 0 Å². The Kier molecular flexibility index (Phi) is 2.87. The molecule has 6 heteroatoms. The van der Waals surface area contributed by atoms with Gasteiger partial charge in [0.25, 0.3) is 5.92 Å². The number of hydrogen-bond donors (Lipinski definition) is 0. The van der Waals surface area contributed by atoms with E-state index in [1.807, 2.05) is 27.7 Å². The average molecular weight is 298 g/mol. The molecule has 0 N–H and O–H groups in total. The number of benzene rings is 1. The molecule has 21 heavy (non-hydrogen) atoms. The molecule has 1 aromatic rings. The number of rotatable bonds is 2. The molecule has 1 aromatic carbocycles. The first-order chi connectivity index (χ1) is 9.49. The zero-order valence-corrected chi connectivity index (χ0v) is 12.5. The molecule has 0 radical (unpaired) electrons. The first kappa shape index (κ1) is 14.9. The molecular formula is C15H18BF3O2. The van der Waals surface area contributed by atoms with Gasteiger partial charge < -0.3 is 9.31 Å². The maximum absolute atomic E-state index is 14.0. The van der Waals surface area contributed by atoms with Gasteiger partial charge in [0.1, 0.15) is 0 Å². The molecule has 0 amide bonds. The van der Waals surface area contributed by atoms with Gasteiger partial charge in [-0.05, 0) is 38.7 Å². The second-order valence-electron chi connectivity index (χ2n) is 6.89. The average Bonchev–Trinajstić information content (AvgIpc) is 2.78. The van der Waals surface area contributed by atoms with Crippen LogP contribution in [0.1, 0.15) is 39.7 Å². The minimum absolute atomic E-state index is 0.00719. The monoisotopic (exact) mass is 298 g/mol. The van der Waals surface area contributed by atoms with Gasteiger partial charge in [-0.1, -0.05) is 24.3 Å². The van der Waals surface area contributed by atoms with Crippen molar-refractivity contribution in [2.24, 2.45) is 0 Å². The molecule has 2 fully saturated rings. The van der Waals surface area contributed by atoms with Gasteiger partial charge in [0, 0.05) is 0 Å². The zero-order valence-electron chi connectivity index (χ0n) is 12.5. The summed E-state index contributed by atoms with van der Waals surface area (Å²) >= 11 is 0. The van der Waals surface area contributed by atoms with Crippen molar-refractivity contribution in [3.63, 3.8) is 0 Å². The Hall–Kier alpha value is -1.01. The lowest BCUT2D eigenvalue weighted by Gasteiger charge is -2.32. The van der Waals surface area contributed by atoms with Crippen LogP contribution >= 0.6 is 0 Å². The van der Waals surface area contributed by atoms with Crippen molar-refractivity contribution in [1.82, 2.24) is 0 Å². The summed E-state index contributed by atoms with van der Waals surface area (Å²) in [6.07, 6.45) is -0.740. The van der Waals surface area contributed by atoms with Crippen molar-refractivity contribution in [3.8, 4) is 0 Å². The molecule has 1 aliphatic carbocycles. The van der Waals surface area contributed by atoms with Gasteiger partial charge >= 0.3 is 7.12 Å². The lowest BCUT2D eigenvalue weighted by Crippen LogP contribution is -2.41. The van der Waals surface area contributed by atoms with E-state index in [2.05, 4.69) is 0 Å². The van der Waals surface area contributed by atoms with E-state index in [1.54, 1.807) is 12.1 Å². The molecule has 1 unspecified atom stereocenters. The smallest absolute Gasteiger partial charge is 0.399 e. The highest BCUT2D eigenvalue weighted by molar-refractivity contribution is 6.62. The minimum atomic E-state index is -3.25. The van der Waals surface area contributed by atoms with E-state index in [-0.39, 0.29) is 5.56 Å². The Morgan fingerprint density at radius 1 is 0.905 bits per heavy atom. The quantitative estimate of drug-likeness (QED) is 0.781. The van der Waals surface area contributed by atoms with E-state index in [9.17, 15) is 13.2 Å². The molecule has 0 spiro atoms. The van der Waals surface area contributed by atoms with E-state index in [0.717, 1.165) is 0 Å². The maximum atomic E-state index is 14.0. The molecule has 2 aliphatic rings. The van der Waals surface area contributed by atoms with Crippen LogP contribution in [0.3, 0.4) is 0 Å². The van der Waals surface area contributed by atoms with E-state index in [4.69, 9.17) is 9.31 Å². The normalized spacial score (nSPS) is 32.2. The van der Waals surface area contributed by atoms with Gasteiger partial charge in [-0.25, -0.2) is 13.2 Å². The summed E-state index contributed by atoms with van der Waals surface area (Å²) in [7, 11) is -0.570. The predicted molar refractivity (Wildman–Crippen MR) is 74.5 cm³/mol. The maximum Gasteiger partial charge on any atom is 0.494 e. The molecule has 1 atom stereocenters. The molecule has 1 saturated heterocycles. The van der Waals surface area contributed by atoms with Crippen molar-refractivity contribution < 1.29 is 22.5 Å². The van der Waals surface area contributed by atoms with Gasteiger partial charge in [-0.3, -0.25) is 0 Å². The zero-order chi connectivity index (χ0) is 15.7. The first-order valence-corrected chi connectivity index (χ1v) is 7.01. The van der Waals surface area contributed by atoms with Crippen LogP contribution in [0.25, 0.3) is 0 Å². The standard InChI is InChI=1S/C15H18BF3O2/c1-12(2)13(3,4)21-16(20-12)11-7-5-10(6-8-11)14(17)9-15(14,18)19/h5-8H,9H2,1-4H3. The highest BCUT2D eigenvalue weighted by atomic mass is 19.3. The topological polar surface area (TPSA) is 18.5 Å². The number of halogens is 3. The van der Waals surface area contributed by atoms with Crippen LogP contribution in [-0.2, 0) is 15.0 Å². The second-order valence-corrected chi connectivity index (χ2v) is 6.89. The van der Waals surface area contributed by atoms with Crippen molar-refractivity contribution in [2.45, 2.75) is 56.9 Å². The van der Waals surface area contributed by atoms with Crippen molar-refractivity contribution in [2.75, 3.05) is 0 Å². The third-order valence-corrected chi connectivity index (χ3v) is 4.81. The fourth-order valence-electron chi connectivity index (χ4n) is 2.46. The van der Waals surface area contributed by atoms with E-state index < -0.39 is 36.3 Å². The fourth-order valence-corrected chi connectivity index (χ4v) is 2.46. The van der Waals surface area contributed by atoms with Crippen LogP contribution in [0.4, 0.5) is 13.2 Å². The van der Waals surface area contributed by atoms with Crippen molar-refractivity contribution in [3.05, 3.63) is 29.8 Å². The molecule has 1 aliphatic heterocycles. The summed E-state index contributed by atoms with van der Waals surface area (Å²) in [5.74, 6) is -3.25. The summed E-state index contributed by atoms with van der Waals surface area (Å²) in [5, 5.41) is 0. The van der Waals surface area contributed by atoms with E-state index in [1.165, 1.54) is 12.1 Å². The molecule has 1 heterocycles. The fraction of sp³-hybridized carbons (Fsp3) is 0.600.